The van der Waals surface area contributed by atoms with E-state index in [9.17, 15) is 4.79 Å². The van der Waals surface area contributed by atoms with Crippen LogP contribution in [0, 0.1) is 0 Å². The van der Waals surface area contributed by atoms with Crippen LogP contribution in [0.1, 0.15) is 21.6 Å². The summed E-state index contributed by atoms with van der Waals surface area (Å²) in [6.07, 6.45) is 0. The second kappa shape index (κ2) is 14.1. The zero-order valence-electron chi connectivity index (χ0n) is 15.7. The van der Waals surface area contributed by atoms with Gasteiger partial charge in [-0.1, -0.05) is 60.7 Å². The Labute approximate surface area is 203 Å². The first-order valence-corrected chi connectivity index (χ1v) is 4.53. The van der Waals surface area contributed by atoms with Gasteiger partial charge in [-0.15, -0.1) is 0 Å². The predicted octanol–water partition coefficient (Wildman–Crippen LogP) is -8.62. The van der Waals surface area contributed by atoms with Crippen molar-refractivity contribution >= 4 is 5.78 Å². The summed E-state index contributed by atoms with van der Waals surface area (Å²) in [6.45, 7) is 0. The Morgan fingerprint density at radius 2 is 0.889 bits per heavy atom. The van der Waals surface area contributed by atoms with E-state index in [4.69, 9.17) is 0 Å². The van der Waals surface area contributed by atoms with Gasteiger partial charge in [-0.05, 0) is 0 Å². The Morgan fingerprint density at radius 1 is 0.611 bits per heavy atom. The number of carbonyl (C=O) groups is 1. The van der Waals surface area contributed by atoms with Crippen molar-refractivity contribution < 1.29 is 129 Å². The van der Waals surface area contributed by atoms with Gasteiger partial charge in [-0.2, -0.15) is 0 Å². The standard InChI is InChI=1S/C13H10O.4Na.4H/c14-13(11-7-3-1-4-8-11)12-9-5-2-6-10-12;;;;;;;;/h1-10H;;;;;;;;/q;4*+1;4*-1. The second-order valence-corrected chi connectivity index (χ2v) is 3.06. The summed E-state index contributed by atoms with van der Waals surface area (Å²) in [5.41, 5.74) is 1.47. The second-order valence-electron chi connectivity index (χ2n) is 3.06. The third kappa shape index (κ3) is 7.78. The number of hydrogen-bond acceptors (Lipinski definition) is 1. The van der Waals surface area contributed by atoms with E-state index in [2.05, 4.69) is 0 Å². The largest absolute Gasteiger partial charge is 1.00 e. The van der Waals surface area contributed by atoms with Crippen molar-refractivity contribution in [3.8, 4) is 0 Å². The Bertz CT molecular complexity index is 405. The summed E-state index contributed by atoms with van der Waals surface area (Å²) in [4.78, 5) is 11.8. The van der Waals surface area contributed by atoms with Crippen LogP contribution in [0.15, 0.2) is 60.7 Å². The molecule has 0 aliphatic heterocycles. The predicted molar refractivity (Wildman–Crippen MR) is 60.8 cm³/mol. The molecule has 0 aliphatic carbocycles. The number of rotatable bonds is 2. The summed E-state index contributed by atoms with van der Waals surface area (Å²) in [5.74, 6) is 0.0752. The first-order chi connectivity index (χ1) is 6.88. The summed E-state index contributed by atoms with van der Waals surface area (Å²) >= 11 is 0. The van der Waals surface area contributed by atoms with E-state index in [-0.39, 0.29) is 130 Å². The van der Waals surface area contributed by atoms with Crippen LogP contribution in [-0.2, 0) is 0 Å². The molecule has 0 heterocycles. The van der Waals surface area contributed by atoms with Crippen LogP contribution in [0.2, 0.25) is 0 Å². The minimum atomic E-state index is 0. The molecule has 5 heteroatoms. The summed E-state index contributed by atoms with van der Waals surface area (Å²) in [5, 5.41) is 0. The first kappa shape index (κ1) is 25.1. The molecule has 0 radical (unpaired) electrons. The maximum atomic E-state index is 11.8. The minimum absolute atomic E-state index is 0. The van der Waals surface area contributed by atoms with Crippen molar-refractivity contribution in [3.05, 3.63) is 71.8 Å². The zero-order valence-corrected chi connectivity index (χ0v) is 19.7. The van der Waals surface area contributed by atoms with Crippen molar-refractivity contribution in [2.45, 2.75) is 0 Å². The van der Waals surface area contributed by atoms with Gasteiger partial charge in [0.15, 0.2) is 5.78 Å². The van der Waals surface area contributed by atoms with Crippen molar-refractivity contribution in [1.82, 2.24) is 0 Å². The van der Waals surface area contributed by atoms with E-state index in [1.165, 1.54) is 0 Å². The molecule has 0 N–H and O–H groups in total. The van der Waals surface area contributed by atoms with Gasteiger partial charge in [-0.25, -0.2) is 0 Å². The maximum Gasteiger partial charge on any atom is 1.00 e. The van der Waals surface area contributed by atoms with Crippen LogP contribution in [0.5, 0.6) is 0 Å². The monoisotopic (exact) mass is 278 g/mol. The van der Waals surface area contributed by atoms with Crippen molar-refractivity contribution in [1.29, 1.82) is 0 Å². The van der Waals surface area contributed by atoms with Crippen molar-refractivity contribution in [3.63, 3.8) is 0 Å². The van der Waals surface area contributed by atoms with Crippen LogP contribution in [0.3, 0.4) is 0 Å². The quantitative estimate of drug-likeness (QED) is 0.394. The van der Waals surface area contributed by atoms with E-state index in [0.29, 0.717) is 0 Å². The molecule has 0 spiro atoms. The topological polar surface area (TPSA) is 17.1 Å². The van der Waals surface area contributed by atoms with Gasteiger partial charge in [0.1, 0.15) is 0 Å². The molecular formula is C13H14Na4O. The Morgan fingerprint density at radius 3 is 1.17 bits per heavy atom. The molecule has 0 aliphatic rings. The van der Waals surface area contributed by atoms with Gasteiger partial charge in [0.05, 0.1) is 0 Å². The summed E-state index contributed by atoms with van der Waals surface area (Å²) < 4.78 is 0. The van der Waals surface area contributed by atoms with Gasteiger partial charge < -0.3 is 5.71 Å². The van der Waals surface area contributed by atoms with Gasteiger partial charge >= 0.3 is 118 Å². The average molecular weight is 278 g/mol. The van der Waals surface area contributed by atoms with E-state index < -0.39 is 0 Å². The van der Waals surface area contributed by atoms with Gasteiger partial charge in [0.2, 0.25) is 0 Å². The number of hydrogen-bond donors (Lipinski definition) is 0. The van der Waals surface area contributed by atoms with Crippen molar-refractivity contribution in [2.24, 2.45) is 0 Å². The smallest absolute Gasteiger partial charge is 1.00 e. The Balaban J connectivity index is -0.0000000562. The van der Waals surface area contributed by atoms with Crippen molar-refractivity contribution in [2.75, 3.05) is 0 Å². The number of carbonyl (C=O) groups excluding carboxylic acids is 1. The van der Waals surface area contributed by atoms with Crippen LogP contribution >= 0.6 is 0 Å². The third-order valence-corrected chi connectivity index (χ3v) is 2.07. The first-order valence-electron chi connectivity index (χ1n) is 4.53. The van der Waals surface area contributed by atoms with E-state index in [0.717, 1.165) is 11.1 Å². The fraction of sp³-hybridized carbons (Fsp3) is 0. The molecule has 76 valence electrons. The SMILES string of the molecule is O=C(c1ccccc1)c1ccccc1.[H-].[H-].[H-].[H-].[Na+].[Na+].[Na+].[Na+]. The molecule has 0 atom stereocenters. The zero-order chi connectivity index (χ0) is 9.80. The number of ketones is 1. The fourth-order valence-corrected chi connectivity index (χ4v) is 1.35. The third-order valence-electron chi connectivity index (χ3n) is 2.07. The van der Waals surface area contributed by atoms with E-state index in [1.54, 1.807) is 0 Å². The molecule has 2 rings (SSSR count). The van der Waals surface area contributed by atoms with Crippen LogP contribution in [-0.4, -0.2) is 5.78 Å². The van der Waals surface area contributed by atoms with Crippen LogP contribution in [0.4, 0.5) is 0 Å². The van der Waals surface area contributed by atoms with E-state index in [1.807, 2.05) is 60.7 Å². The maximum absolute atomic E-state index is 11.8. The van der Waals surface area contributed by atoms with Gasteiger partial charge in [0, 0.05) is 11.1 Å². The van der Waals surface area contributed by atoms with Gasteiger partial charge in [-0.3, -0.25) is 4.79 Å². The fourth-order valence-electron chi connectivity index (χ4n) is 1.35. The average Bonchev–Trinajstić information content (AvgIpc) is 2.30. The summed E-state index contributed by atoms with van der Waals surface area (Å²) in [7, 11) is 0. The van der Waals surface area contributed by atoms with Gasteiger partial charge in [0.25, 0.3) is 0 Å². The molecule has 0 unspecified atom stereocenters. The summed E-state index contributed by atoms with van der Waals surface area (Å²) in [6, 6.07) is 18.6. The van der Waals surface area contributed by atoms with E-state index >= 15 is 0 Å². The normalized spacial score (nSPS) is 7.56. The molecule has 2 aromatic rings. The molecule has 1 nitrogen and oxygen atoms in total. The minimum Gasteiger partial charge on any atom is -1.00 e. The molecule has 0 fully saturated rings. The molecular weight excluding hydrogens is 264 g/mol. The molecule has 0 saturated heterocycles. The van der Waals surface area contributed by atoms with Crippen LogP contribution < -0.4 is 118 Å². The Hall–Kier alpha value is 2.11. The molecule has 0 aromatic heterocycles. The molecule has 2 aromatic carbocycles. The molecule has 0 amide bonds. The van der Waals surface area contributed by atoms with Crippen LogP contribution in [0.25, 0.3) is 0 Å². The molecule has 18 heavy (non-hydrogen) atoms. The number of benzene rings is 2. The molecule has 0 bridgehead atoms. The molecule has 0 saturated carbocycles. The Kier molecular flexibility index (Phi) is 19.6.